The van der Waals surface area contributed by atoms with Crippen molar-refractivity contribution >= 4 is 29.4 Å². The number of aryl methyl sites for hydroxylation is 2. The first kappa shape index (κ1) is 23.1. The Labute approximate surface area is 199 Å². The molecule has 6 heteroatoms. The van der Waals surface area contributed by atoms with Crippen molar-refractivity contribution in [3.05, 3.63) is 99.8 Å². The van der Waals surface area contributed by atoms with Crippen molar-refractivity contribution in [2.75, 3.05) is 13.1 Å². The third kappa shape index (κ3) is 5.49. The third-order valence-corrected chi connectivity index (χ3v) is 6.26. The summed E-state index contributed by atoms with van der Waals surface area (Å²) in [5.74, 6) is 0.784. The summed E-state index contributed by atoms with van der Waals surface area (Å²) < 4.78 is 16.1. The van der Waals surface area contributed by atoms with Crippen molar-refractivity contribution in [3.8, 4) is 0 Å². The van der Waals surface area contributed by atoms with E-state index in [4.69, 9.17) is 16.6 Å². The summed E-state index contributed by atoms with van der Waals surface area (Å²) in [6, 6.07) is 11.1. The molecule has 4 rings (SSSR count). The van der Waals surface area contributed by atoms with Gasteiger partial charge in [0, 0.05) is 25.2 Å². The van der Waals surface area contributed by atoms with Gasteiger partial charge in [-0.25, -0.2) is 9.37 Å². The minimum atomic E-state index is -0.288. The number of imidazole rings is 1. The summed E-state index contributed by atoms with van der Waals surface area (Å²) in [7, 11) is 2.08. The molecule has 2 aromatic carbocycles. The number of hydrogen-bond donors (Lipinski definition) is 0. The van der Waals surface area contributed by atoms with Gasteiger partial charge in [0.25, 0.3) is 0 Å². The van der Waals surface area contributed by atoms with Crippen LogP contribution in [0.4, 0.5) is 4.39 Å². The van der Waals surface area contributed by atoms with Gasteiger partial charge in [0.05, 0.1) is 23.3 Å². The number of nitrogens with zero attached hydrogens (tertiary/aromatic N) is 4. The molecule has 1 aliphatic heterocycles. The Morgan fingerprint density at radius 3 is 2.85 bits per heavy atom. The molecule has 0 N–H and O–H groups in total. The molecule has 0 atom stereocenters. The van der Waals surface area contributed by atoms with Crippen molar-refractivity contribution in [2.24, 2.45) is 12.0 Å². The fourth-order valence-electron chi connectivity index (χ4n) is 4.09. The number of aliphatic imine (C=N–C) groups is 1. The highest BCUT2D eigenvalue weighted by Crippen LogP contribution is 2.23. The lowest BCUT2D eigenvalue weighted by molar-refractivity contribution is 0.277. The zero-order valence-electron chi connectivity index (χ0n) is 19.1. The summed E-state index contributed by atoms with van der Waals surface area (Å²) in [5, 5.41) is 0.405. The molecule has 0 bridgehead atoms. The van der Waals surface area contributed by atoms with Crippen molar-refractivity contribution in [2.45, 2.75) is 26.3 Å². The van der Waals surface area contributed by atoms with E-state index in [0.717, 1.165) is 48.6 Å². The molecule has 4 nitrogen and oxygen atoms in total. The van der Waals surface area contributed by atoms with Crippen LogP contribution >= 0.6 is 11.6 Å². The normalized spacial score (nSPS) is 15.4. The monoisotopic (exact) mass is 462 g/mol. The number of fused-ring (bicyclic) bond motifs is 1. The molecule has 33 heavy (non-hydrogen) atoms. The fourth-order valence-corrected chi connectivity index (χ4v) is 4.25. The van der Waals surface area contributed by atoms with E-state index in [2.05, 4.69) is 59.4 Å². The Morgan fingerprint density at radius 1 is 1.27 bits per heavy atom. The molecule has 0 aliphatic carbocycles. The first-order valence-corrected chi connectivity index (χ1v) is 11.4. The van der Waals surface area contributed by atoms with Gasteiger partial charge in [0.15, 0.2) is 0 Å². The average Bonchev–Trinajstić information content (AvgIpc) is 3.10. The van der Waals surface area contributed by atoms with E-state index in [9.17, 15) is 4.39 Å². The smallest absolute Gasteiger partial charge is 0.128 e. The molecular formula is C27H28ClFN4. The van der Waals surface area contributed by atoms with Crippen LogP contribution in [0.25, 0.3) is 11.0 Å². The van der Waals surface area contributed by atoms with Crippen LogP contribution in [-0.2, 0) is 20.0 Å². The van der Waals surface area contributed by atoms with E-state index in [1.165, 1.54) is 17.2 Å². The minimum absolute atomic E-state index is 0.288. The van der Waals surface area contributed by atoms with Crippen LogP contribution in [0.1, 0.15) is 23.4 Å². The maximum absolute atomic E-state index is 13.9. The van der Waals surface area contributed by atoms with Crippen molar-refractivity contribution in [1.29, 1.82) is 0 Å². The van der Waals surface area contributed by atoms with Crippen molar-refractivity contribution < 1.29 is 4.39 Å². The van der Waals surface area contributed by atoms with Gasteiger partial charge in [-0.05, 0) is 73.5 Å². The lowest BCUT2D eigenvalue weighted by atomic mass is 10.0. The third-order valence-electron chi connectivity index (χ3n) is 6.03. The quantitative estimate of drug-likeness (QED) is 0.310. The number of halogens is 2. The molecule has 1 aromatic heterocycles. The van der Waals surface area contributed by atoms with Gasteiger partial charge in [0.2, 0.25) is 0 Å². The fraction of sp³-hybridized carbons (Fsp3) is 0.259. The molecule has 0 saturated heterocycles. The Morgan fingerprint density at radius 2 is 2.12 bits per heavy atom. The van der Waals surface area contributed by atoms with Crippen LogP contribution in [0, 0.1) is 12.7 Å². The Balaban J connectivity index is 1.38. The van der Waals surface area contributed by atoms with Gasteiger partial charge in [-0.15, -0.1) is 0 Å². The van der Waals surface area contributed by atoms with Crippen molar-refractivity contribution in [3.63, 3.8) is 0 Å². The summed E-state index contributed by atoms with van der Waals surface area (Å²) in [5.41, 5.74) is 6.09. The molecule has 0 saturated carbocycles. The van der Waals surface area contributed by atoms with E-state index in [0.29, 0.717) is 17.0 Å². The van der Waals surface area contributed by atoms with E-state index in [1.54, 1.807) is 12.1 Å². The summed E-state index contributed by atoms with van der Waals surface area (Å²) in [6.45, 7) is 8.40. The van der Waals surface area contributed by atoms with Gasteiger partial charge < -0.3 is 4.57 Å². The molecule has 0 spiro atoms. The number of allylic oxidation sites excluding steroid dienone is 4. The van der Waals surface area contributed by atoms with Crippen LogP contribution in [0.5, 0.6) is 0 Å². The van der Waals surface area contributed by atoms with E-state index in [-0.39, 0.29) is 5.82 Å². The Kier molecular flexibility index (Phi) is 7.21. The van der Waals surface area contributed by atoms with Crippen LogP contribution in [0.15, 0.2) is 77.0 Å². The van der Waals surface area contributed by atoms with E-state index in [1.807, 2.05) is 18.2 Å². The van der Waals surface area contributed by atoms with Gasteiger partial charge in [-0.1, -0.05) is 42.0 Å². The van der Waals surface area contributed by atoms with Gasteiger partial charge in [-0.2, -0.15) is 0 Å². The van der Waals surface area contributed by atoms with Crippen LogP contribution in [0.3, 0.4) is 0 Å². The second-order valence-electron chi connectivity index (χ2n) is 8.37. The van der Waals surface area contributed by atoms with Gasteiger partial charge in [0.1, 0.15) is 11.6 Å². The standard InChI is InChI=1S/C27H28ClFN4/c1-19-8-11-26-25(16-19)31-27(32(26)3)18-33-14-12-21(13-15-33)24(30-2)7-5-4-6-20-9-10-22(28)17-23(20)29/h4-5,7-12,16-17H,2,6,13-15,18H2,1,3H3/b5-4-,24-7-. The number of hydrogen-bond acceptors (Lipinski definition) is 3. The highest BCUT2D eigenvalue weighted by molar-refractivity contribution is 6.30. The lowest BCUT2D eigenvalue weighted by Crippen LogP contribution is -2.29. The zero-order valence-corrected chi connectivity index (χ0v) is 19.8. The molecule has 0 fully saturated rings. The number of rotatable bonds is 7. The SMILES string of the molecule is C=N/C(=C\C=C/Cc1ccc(Cl)cc1F)C1=CCN(Cc2nc3cc(C)ccc3n2C)CC1. The largest absolute Gasteiger partial charge is 0.330 e. The summed E-state index contributed by atoms with van der Waals surface area (Å²) >= 11 is 5.81. The molecular weight excluding hydrogens is 435 g/mol. The second-order valence-corrected chi connectivity index (χ2v) is 8.81. The number of aromatic nitrogens is 2. The Bertz CT molecular complexity index is 1270. The molecule has 1 aliphatic rings. The zero-order chi connectivity index (χ0) is 23.4. The van der Waals surface area contributed by atoms with E-state index < -0.39 is 0 Å². The highest BCUT2D eigenvalue weighted by atomic mass is 35.5. The predicted molar refractivity (Wildman–Crippen MR) is 135 cm³/mol. The predicted octanol–water partition coefficient (Wildman–Crippen LogP) is 6.19. The molecule has 170 valence electrons. The summed E-state index contributed by atoms with van der Waals surface area (Å²) in [4.78, 5) is 11.4. The first-order chi connectivity index (χ1) is 15.9. The number of benzene rings is 2. The van der Waals surface area contributed by atoms with Gasteiger partial charge in [-0.3, -0.25) is 9.89 Å². The minimum Gasteiger partial charge on any atom is -0.330 e. The topological polar surface area (TPSA) is 33.4 Å². The van der Waals surface area contributed by atoms with Crippen LogP contribution in [0.2, 0.25) is 5.02 Å². The maximum atomic E-state index is 13.9. The summed E-state index contributed by atoms with van der Waals surface area (Å²) in [6.07, 6.45) is 9.37. The second kappa shape index (κ2) is 10.3. The molecule has 0 amide bonds. The average molecular weight is 463 g/mol. The lowest BCUT2D eigenvalue weighted by Gasteiger charge is -2.26. The maximum Gasteiger partial charge on any atom is 0.128 e. The van der Waals surface area contributed by atoms with Gasteiger partial charge >= 0.3 is 0 Å². The highest BCUT2D eigenvalue weighted by Gasteiger charge is 2.17. The first-order valence-electron chi connectivity index (χ1n) is 11.1. The molecule has 0 unspecified atom stereocenters. The van der Waals surface area contributed by atoms with Crippen LogP contribution < -0.4 is 0 Å². The molecule has 0 radical (unpaired) electrons. The Hall–Kier alpha value is -3.02. The van der Waals surface area contributed by atoms with Crippen molar-refractivity contribution in [1.82, 2.24) is 14.5 Å². The molecule has 3 aromatic rings. The van der Waals surface area contributed by atoms with E-state index >= 15 is 0 Å². The molecule has 2 heterocycles. The van der Waals surface area contributed by atoms with Crippen LogP contribution in [-0.4, -0.2) is 34.3 Å².